The van der Waals surface area contributed by atoms with Crippen LogP contribution in [0.2, 0.25) is 0 Å². The predicted molar refractivity (Wildman–Crippen MR) is 119 cm³/mol. The highest BCUT2D eigenvalue weighted by atomic mass is 16.3. The lowest BCUT2D eigenvalue weighted by Crippen LogP contribution is -2.42. The average Bonchev–Trinajstić information content (AvgIpc) is 3.43. The van der Waals surface area contributed by atoms with Crippen LogP contribution in [0.3, 0.4) is 0 Å². The van der Waals surface area contributed by atoms with E-state index in [0.29, 0.717) is 12.2 Å². The molecule has 32 heavy (non-hydrogen) atoms. The van der Waals surface area contributed by atoms with Gasteiger partial charge in [-0.2, -0.15) is 10.2 Å². The first-order chi connectivity index (χ1) is 15.5. The van der Waals surface area contributed by atoms with Crippen molar-refractivity contribution in [3.8, 4) is 11.3 Å². The first-order valence-electron chi connectivity index (χ1n) is 10.7. The van der Waals surface area contributed by atoms with Gasteiger partial charge in [-0.3, -0.25) is 14.4 Å². The van der Waals surface area contributed by atoms with Gasteiger partial charge in [-0.05, 0) is 29.7 Å². The molecule has 1 amide bonds. The van der Waals surface area contributed by atoms with E-state index in [2.05, 4.69) is 43.6 Å². The number of aromatic nitrogens is 5. The van der Waals surface area contributed by atoms with Crippen LogP contribution in [0.25, 0.3) is 16.9 Å². The van der Waals surface area contributed by atoms with E-state index in [9.17, 15) is 9.90 Å². The molecule has 5 rings (SSSR count). The Hall–Kier alpha value is -3.56. The summed E-state index contributed by atoms with van der Waals surface area (Å²) in [6.07, 6.45) is 5.53. The van der Waals surface area contributed by atoms with Crippen molar-refractivity contribution in [2.45, 2.75) is 19.1 Å². The van der Waals surface area contributed by atoms with E-state index in [4.69, 9.17) is 0 Å². The van der Waals surface area contributed by atoms with Crippen molar-refractivity contribution >= 4 is 11.6 Å². The lowest BCUT2D eigenvalue weighted by molar-refractivity contribution is 0.0838. The number of nitrogens with one attached hydrogen (secondary N) is 1. The third-order valence-electron chi connectivity index (χ3n) is 5.73. The van der Waals surface area contributed by atoms with E-state index in [-0.39, 0.29) is 18.1 Å². The quantitative estimate of drug-likeness (QED) is 0.477. The molecule has 0 fully saturated rings. The Labute approximate surface area is 185 Å². The van der Waals surface area contributed by atoms with Gasteiger partial charge in [0.05, 0.1) is 24.2 Å². The molecule has 1 unspecified atom stereocenters. The number of amides is 1. The summed E-state index contributed by atoms with van der Waals surface area (Å²) >= 11 is 0. The van der Waals surface area contributed by atoms with Gasteiger partial charge in [-0.15, -0.1) is 0 Å². The number of hydrogen-bond acceptors (Lipinski definition) is 6. The van der Waals surface area contributed by atoms with Gasteiger partial charge >= 0.3 is 0 Å². The molecule has 0 radical (unpaired) electrons. The molecule has 4 aromatic rings. The largest absolute Gasteiger partial charge is 0.390 e. The molecule has 1 aromatic carbocycles. The highest BCUT2D eigenvalue weighted by molar-refractivity contribution is 5.92. The van der Waals surface area contributed by atoms with Crippen LogP contribution >= 0.6 is 0 Å². The summed E-state index contributed by atoms with van der Waals surface area (Å²) in [5.41, 5.74) is 5.15. The molecule has 9 nitrogen and oxygen atoms in total. The van der Waals surface area contributed by atoms with E-state index < -0.39 is 6.10 Å². The molecule has 0 saturated heterocycles. The Bertz CT molecular complexity index is 1260. The number of aliphatic hydroxyl groups excluding tert-OH is 1. The van der Waals surface area contributed by atoms with Crippen molar-refractivity contribution in [2.24, 2.45) is 7.05 Å². The van der Waals surface area contributed by atoms with E-state index in [1.807, 2.05) is 31.4 Å². The number of benzene rings is 1. The number of rotatable bonds is 6. The molecule has 1 aliphatic heterocycles. The smallest absolute Gasteiger partial charge is 0.271 e. The molecule has 0 spiro atoms. The Kier molecular flexibility index (Phi) is 5.42. The van der Waals surface area contributed by atoms with Gasteiger partial charge in [0.2, 0.25) is 0 Å². The summed E-state index contributed by atoms with van der Waals surface area (Å²) in [5, 5.41) is 21.9. The van der Waals surface area contributed by atoms with Crippen molar-refractivity contribution in [3.63, 3.8) is 0 Å². The lowest BCUT2D eigenvalue weighted by atomic mass is 10.00. The Balaban J connectivity index is 1.18. The maximum Gasteiger partial charge on any atom is 0.271 e. The minimum atomic E-state index is -0.656. The fourth-order valence-corrected chi connectivity index (χ4v) is 4.07. The van der Waals surface area contributed by atoms with Crippen molar-refractivity contribution in [2.75, 3.05) is 19.6 Å². The molecule has 1 atom stereocenters. The minimum absolute atomic E-state index is 0.166. The first-order valence-corrected chi connectivity index (χ1v) is 10.7. The van der Waals surface area contributed by atoms with Crippen molar-refractivity contribution in [3.05, 3.63) is 71.8 Å². The Morgan fingerprint density at radius 3 is 2.84 bits per heavy atom. The van der Waals surface area contributed by atoms with E-state index in [1.165, 1.54) is 11.1 Å². The number of nitrogens with zero attached hydrogens (tertiary/aromatic N) is 6. The summed E-state index contributed by atoms with van der Waals surface area (Å²) in [5.74, 6) is -0.332. The van der Waals surface area contributed by atoms with Crippen molar-refractivity contribution < 1.29 is 9.90 Å². The zero-order valence-electron chi connectivity index (χ0n) is 17.8. The molecule has 9 heteroatoms. The van der Waals surface area contributed by atoms with Gasteiger partial charge in [0, 0.05) is 45.0 Å². The Morgan fingerprint density at radius 2 is 2.03 bits per heavy atom. The van der Waals surface area contributed by atoms with Crippen LogP contribution in [0.5, 0.6) is 0 Å². The minimum Gasteiger partial charge on any atom is -0.390 e. The normalized spacial score (nSPS) is 14.9. The van der Waals surface area contributed by atoms with Gasteiger partial charge in [-0.25, -0.2) is 9.50 Å². The van der Waals surface area contributed by atoms with Gasteiger partial charge < -0.3 is 10.4 Å². The molecule has 0 saturated carbocycles. The second-order valence-electron chi connectivity index (χ2n) is 8.17. The van der Waals surface area contributed by atoms with Crippen molar-refractivity contribution in [1.82, 2.24) is 34.6 Å². The van der Waals surface area contributed by atoms with E-state index in [0.717, 1.165) is 30.8 Å². The fourth-order valence-electron chi connectivity index (χ4n) is 4.07. The number of carbonyl (C=O) groups excluding carboxylic acids is 1. The second kappa shape index (κ2) is 8.52. The summed E-state index contributed by atoms with van der Waals surface area (Å²) in [4.78, 5) is 19.1. The molecule has 3 aromatic heterocycles. The van der Waals surface area contributed by atoms with Crippen LogP contribution in [0.4, 0.5) is 0 Å². The predicted octanol–water partition coefficient (Wildman–Crippen LogP) is 1.28. The average molecular weight is 432 g/mol. The molecule has 0 bridgehead atoms. The summed E-state index contributed by atoms with van der Waals surface area (Å²) in [6, 6.07) is 12.1. The molecular formula is C23H25N7O2. The van der Waals surface area contributed by atoms with Gasteiger partial charge in [0.1, 0.15) is 5.69 Å². The topological polar surface area (TPSA) is 101 Å². The molecule has 2 N–H and O–H groups in total. The number of imidazole rings is 1. The van der Waals surface area contributed by atoms with Gasteiger partial charge in [0.15, 0.2) is 5.65 Å². The number of carbonyl (C=O) groups is 1. The van der Waals surface area contributed by atoms with Crippen LogP contribution in [-0.2, 0) is 20.0 Å². The van der Waals surface area contributed by atoms with Crippen LogP contribution in [0.15, 0.2) is 55.0 Å². The SMILES string of the molecule is Cn1cc(-c2ccc3nc(C(=O)NCC(O)CN4CCc5ccccc5C4)cn3n2)cn1. The third-order valence-corrected chi connectivity index (χ3v) is 5.73. The number of hydrogen-bond donors (Lipinski definition) is 2. The van der Waals surface area contributed by atoms with Gasteiger partial charge in [-0.1, -0.05) is 24.3 Å². The summed E-state index contributed by atoms with van der Waals surface area (Å²) in [6.45, 7) is 2.40. The highest BCUT2D eigenvalue weighted by Crippen LogP contribution is 2.19. The van der Waals surface area contributed by atoms with Crippen LogP contribution < -0.4 is 5.32 Å². The zero-order valence-corrected chi connectivity index (χ0v) is 17.8. The second-order valence-corrected chi connectivity index (χ2v) is 8.17. The summed E-state index contributed by atoms with van der Waals surface area (Å²) in [7, 11) is 1.85. The standard InChI is InChI=1S/C23H25N7O2/c1-28-12-18(10-25-28)20-6-7-22-26-21(15-30(22)27-20)23(32)24-11-19(31)14-29-9-8-16-4-2-3-5-17(16)13-29/h2-7,10,12,15,19,31H,8-9,11,13-14H2,1H3,(H,24,32). The Morgan fingerprint density at radius 1 is 1.19 bits per heavy atom. The molecule has 4 heterocycles. The van der Waals surface area contributed by atoms with Crippen molar-refractivity contribution in [1.29, 1.82) is 0 Å². The molecular weight excluding hydrogens is 406 g/mol. The third kappa shape index (κ3) is 4.25. The maximum absolute atomic E-state index is 12.6. The van der Waals surface area contributed by atoms with Crippen LogP contribution in [0.1, 0.15) is 21.6 Å². The first kappa shape index (κ1) is 20.3. The molecule has 0 aliphatic carbocycles. The molecule has 1 aliphatic rings. The van der Waals surface area contributed by atoms with E-state index >= 15 is 0 Å². The lowest BCUT2D eigenvalue weighted by Gasteiger charge is -2.30. The fraction of sp³-hybridized carbons (Fsp3) is 0.304. The zero-order chi connectivity index (χ0) is 22.1. The maximum atomic E-state index is 12.6. The summed E-state index contributed by atoms with van der Waals surface area (Å²) < 4.78 is 3.29. The molecule has 164 valence electrons. The van der Waals surface area contributed by atoms with E-state index in [1.54, 1.807) is 21.6 Å². The number of aliphatic hydroxyl groups is 1. The number of β-amino-alcohol motifs (C(OH)–C–C–N with tert-alkyl or cyclic N) is 1. The van der Waals surface area contributed by atoms with Gasteiger partial charge in [0.25, 0.3) is 5.91 Å². The van der Waals surface area contributed by atoms with Crippen LogP contribution in [-0.4, -0.2) is 66.0 Å². The van der Waals surface area contributed by atoms with Crippen LogP contribution in [0, 0.1) is 0 Å². The monoisotopic (exact) mass is 431 g/mol. The number of fused-ring (bicyclic) bond motifs is 2. The number of aryl methyl sites for hydroxylation is 1. The highest BCUT2D eigenvalue weighted by Gasteiger charge is 2.19.